The van der Waals surface area contributed by atoms with Gasteiger partial charge in [0.15, 0.2) is 17.3 Å². The molecule has 1 aliphatic heterocycles. The number of pyridine rings is 1. The Morgan fingerprint density at radius 1 is 1.06 bits per heavy atom. The Morgan fingerprint density at radius 3 is 2.71 bits per heavy atom. The fraction of sp³-hybridized carbons (Fsp3) is 0.130. The second-order valence-corrected chi connectivity index (χ2v) is 7.78. The zero-order chi connectivity index (χ0) is 23.4. The minimum absolute atomic E-state index is 0.0958. The lowest BCUT2D eigenvalue weighted by molar-refractivity contribution is -0.384. The van der Waals surface area contributed by atoms with Gasteiger partial charge in [-0.2, -0.15) is 9.50 Å². The van der Waals surface area contributed by atoms with Gasteiger partial charge in [0.05, 0.1) is 21.5 Å². The van der Waals surface area contributed by atoms with Gasteiger partial charge < -0.3 is 9.47 Å². The molecule has 0 amide bonds. The maximum Gasteiger partial charge on any atom is 0.271 e. The van der Waals surface area contributed by atoms with Crippen molar-refractivity contribution in [2.24, 2.45) is 0 Å². The molecule has 0 bridgehead atoms. The lowest BCUT2D eigenvalue weighted by atomic mass is 10.1. The Kier molecular flexibility index (Phi) is 4.30. The van der Waals surface area contributed by atoms with Gasteiger partial charge in [0, 0.05) is 30.1 Å². The fourth-order valence-electron chi connectivity index (χ4n) is 3.98. The van der Waals surface area contributed by atoms with Crippen molar-refractivity contribution in [3.63, 3.8) is 0 Å². The van der Waals surface area contributed by atoms with Crippen molar-refractivity contribution in [1.82, 2.24) is 24.1 Å². The highest BCUT2D eigenvalue weighted by Crippen LogP contribution is 2.33. The summed E-state index contributed by atoms with van der Waals surface area (Å²) in [5.74, 6) is 2.05. The predicted octanol–water partition coefficient (Wildman–Crippen LogP) is 3.08. The average Bonchev–Trinajstić information content (AvgIpc) is 3.29. The third kappa shape index (κ3) is 3.05. The lowest BCUT2D eigenvalue weighted by Crippen LogP contribution is -2.19. The van der Waals surface area contributed by atoms with E-state index in [4.69, 9.17) is 9.47 Å². The molecule has 11 nitrogen and oxygen atoms in total. The minimum atomic E-state index is -0.491. The van der Waals surface area contributed by atoms with E-state index in [9.17, 15) is 14.9 Å². The first kappa shape index (κ1) is 19.9. The Labute approximate surface area is 191 Å². The number of rotatable bonds is 3. The molecule has 0 saturated heterocycles. The van der Waals surface area contributed by atoms with Gasteiger partial charge in [-0.25, -0.2) is 4.98 Å². The molecule has 0 spiro atoms. The molecule has 168 valence electrons. The Balaban J connectivity index is 1.49. The Bertz CT molecular complexity index is 1690. The van der Waals surface area contributed by atoms with E-state index in [-0.39, 0.29) is 11.2 Å². The van der Waals surface area contributed by atoms with Crippen LogP contribution in [0, 0.1) is 17.0 Å². The molecule has 11 heteroatoms. The SMILES string of the molecule is Cc1ccc([N+](=O)[O-])cc1-n1ccc2c(cnc3nc(-c4ccc5c(c4)OCCO5)nn32)c1=O. The number of hydrogen-bond donors (Lipinski definition) is 0. The molecule has 6 rings (SSSR count). The zero-order valence-corrected chi connectivity index (χ0v) is 17.8. The number of fused-ring (bicyclic) bond motifs is 4. The summed E-state index contributed by atoms with van der Waals surface area (Å²) in [6.07, 6.45) is 3.01. The molecule has 0 saturated carbocycles. The predicted molar refractivity (Wildman–Crippen MR) is 122 cm³/mol. The smallest absolute Gasteiger partial charge is 0.271 e. The molecule has 0 aliphatic carbocycles. The van der Waals surface area contributed by atoms with Crippen LogP contribution >= 0.6 is 0 Å². The van der Waals surface area contributed by atoms with Crippen LogP contribution in [0.15, 0.2) is 59.7 Å². The van der Waals surface area contributed by atoms with E-state index in [0.29, 0.717) is 52.9 Å². The van der Waals surface area contributed by atoms with Crippen LogP contribution in [0.4, 0.5) is 5.69 Å². The number of nitro benzene ring substituents is 1. The van der Waals surface area contributed by atoms with Gasteiger partial charge in [-0.05, 0) is 36.8 Å². The van der Waals surface area contributed by atoms with Crippen molar-refractivity contribution in [3.05, 3.63) is 80.9 Å². The van der Waals surface area contributed by atoms with Crippen molar-refractivity contribution in [1.29, 1.82) is 0 Å². The van der Waals surface area contributed by atoms with E-state index in [0.717, 1.165) is 11.1 Å². The molecule has 0 fully saturated rings. The number of nitro groups is 1. The topological polar surface area (TPSA) is 127 Å². The lowest BCUT2D eigenvalue weighted by Gasteiger charge is -2.18. The second-order valence-electron chi connectivity index (χ2n) is 7.78. The van der Waals surface area contributed by atoms with Gasteiger partial charge in [0.1, 0.15) is 13.2 Å². The molecular weight excluding hydrogens is 440 g/mol. The van der Waals surface area contributed by atoms with Crippen molar-refractivity contribution in [2.75, 3.05) is 13.2 Å². The summed E-state index contributed by atoms with van der Waals surface area (Å²) in [4.78, 5) is 32.8. The third-order valence-corrected chi connectivity index (χ3v) is 5.70. The summed E-state index contributed by atoms with van der Waals surface area (Å²) < 4.78 is 14.1. The van der Waals surface area contributed by atoms with E-state index in [1.807, 2.05) is 12.1 Å². The van der Waals surface area contributed by atoms with Crippen LogP contribution in [-0.4, -0.2) is 42.3 Å². The van der Waals surface area contributed by atoms with Gasteiger partial charge in [-0.15, -0.1) is 5.10 Å². The summed E-state index contributed by atoms with van der Waals surface area (Å²) in [5.41, 5.74) is 1.93. The maximum absolute atomic E-state index is 13.3. The molecule has 0 radical (unpaired) electrons. The van der Waals surface area contributed by atoms with Gasteiger partial charge in [0.25, 0.3) is 17.0 Å². The highest BCUT2D eigenvalue weighted by molar-refractivity contribution is 5.79. The highest BCUT2D eigenvalue weighted by Gasteiger charge is 2.18. The number of ether oxygens (including phenoxy) is 2. The van der Waals surface area contributed by atoms with Crippen LogP contribution in [0.5, 0.6) is 11.5 Å². The number of aryl methyl sites for hydroxylation is 1. The van der Waals surface area contributed by atoms with Gasteiger partial charge in [-0.1, -0.05) is 6.07 Å². The number of nitrogens with zero attached hydrogens (tertiary/aromatic N) is 6. The third-order valence-electron chi connectivity index (χ3n) is 5.70. The van der Waals surface area contributed by atoms with E-state index in [1.54, 1.807) is 31.3 Å². The molecule has 5 aromatic rings. The van der Waals surface area contributed by atoms with Crippen LogP contribution in [0.3, 0.4) is 0 Å². The standard InChI is InChI=1S/C23H16N6O5/c1-13-2-4-15(29(31)32)11-18(13)27-7-6-17-16(22(27)30)12-24-23-25-21(26-28(17)23)14-3-5-19-20(10-14)34-9-8-33-19/h2-7,10-12H,8-9H2,1H3. The first-order valence-corrected chi connectivity index (χ1v) is 10.4. The first-order valence-electron chi connectivity index (χ1n) is 10.4. The van der Waals surface area contributed by atoms with Crippen molar-refractivity contribution >= 4 is 22.4 Å². The molecule has 34 heavy (non-hydrogen) atoms. The largest absolute Gasteiger partial charge is 0.486 e. The number of aromatic nitrogens is 5. The molecule has 3 aromatic heterocycles. The van der Waals surface area contributed by atoms with Crippen LogP contribution in [0.25, 0.3) is 33.8 Å². The van der Waals surface area contributed by atoms with Crippen molar-refractivity contribution in [2.45, 2.75) is 6.92 Å². The molecule has 0 unspecified atom stereocenters. The first-order chi connectivity index (χ1) is 16.5. The van der Waals surface area contributed by atoms with Crippen molar-refractivity contribution in [3.8, 4) is 28.6 Å². The van der Waals surface area contributed by atoms with Crippen LogP contribution < -0.4 is 15.0 Å². The maximum atomic E-state index is 13.3. The molecule has 1 aliphatic rings. The minimum Gasteiger partial charge on any atom is -0.486 e. The summed E-state index contributed by atoms with van der Waals surface area (Å²) in [7, 11) is 0. The number of hydrogen-bond acceptors (Lipinski definition) is 8. The molecule has 2 aromatic carbocycles. The van der Waals surface area contributed by atoms with Crippen LogP contribution in [-0.2, 0) is 0 Å². The highest BCUT2D eigenvalue weighted by atomic mass is 16.6. The Hall–Kier alpha value is -4.80. The van der Waals surface area contributed by atoms with Crippen LogP contribution in [0.1, 0.15) is 5.56 Å². The molecule has 0 atom stereocenters. The summed E-state index contributed by atoms with van der Waals surface area (Å²) in [6.45, 7) is 2.76. The van der Waals surface area contributed by atoms with Gasteiger partial charge in [-0.3, -0.25) is 19.5 Å². The molecule has 0 N–H and O–H groups in total. The quantitative estimate of drug-likeness (QED) is 0.299. The van der Waals surface area contributed by atoms with Gasteiger partial charge in [0.2, 0.25) is 0 Å². The fourth-order valence-corrected chi connectivity index (χ4v) is 3.98. The van der Waals surface area contributed by atoms with E-state index >= 15 is 0 Å². The average molecular weight is 456 g/mol. The van der Waals surface area contributed by atoms with E-state index in [2.05, 4.69) is 15.1 Å². The molecule has 4 heterocycles. The Morgan fingerprint density at radius 2 is 1.88 bits per heavy atom. The summed E-state index contributed by atoms with van der Waals surface area (Å²) in [5, 5.41) is 16.1. The second kappa shape index (κ2) is 7.37. The van der Waals surface area contributed by atoms with E-state index in [1.165, 1.54) is 27.4 Å². The summed E-state index contributed by atoms with van der Waals surface area (Å²) >= 11 is 0. The normalized spacial score (nSPS) is 12.9. The summed E-state index contributed by atoms with van der Waals surface area (Å²) in [6, 6.07) is 11.6. The van der Waals surface area contributed by atoms with Crippen molar-refractivity contribution < 1.29 is 14.4 Å². The zero-order valence-electron chi connectivity index (χ0n) is 17.8. The monoisotopic (exact) mass is 456 g/mol. The number of non-ortho nitro benzene ring substituents is 1. The molecular formula is C23H16N6O5. The van der Waals surface area contributed by atoms with E-state index < -0.39 is 4.92 Å². The number of benzene rings is 2. The van der Waals surface area contributed by atoms with Crippen LogP contribution in [0.2, 0.25) is 0 Å². The van der Waals surface area contributed by atoms with Gasteiger partial charge >= 0.3 is 0 Å².